The number of hydrogen-bond donors (Lipinski definition) is 1. The molecule has 0 bridgehead atoms. The average molecular weight is 257 g/mol. The minimum absolute atomic E-state index is 0.0489. The number of nitrogens with zero attached hydrogens (tertiary/aromatic N) is 2. The van der Waals surface area contributed by atoms with Crippen molar-refractivity contribution in [3.8, 4) is 5.75 Å². The maximum absolute atomic E-state index is 12.2. The SMILES string of the molecule is COc1cccc(C2c3c(n[nH]c3C)C(=O)N2C)c1. The first-order valence-corrected chi connectivity index (χ1v) is 6.09. The molecule has 1 aromatic carbocycles. The Bertz CT molecular complexity index is 648. The Kier molecular flexibility index (Phi) is 2.55. The highest BCUT2D eigenvalue weighted by Gasteiger charge is 2.39. The summed E-state index contributed by atoms with van der Waals surface area (Å²) in [7, 11) is 3.44. The Hall–Kier alpha value is -2.30. The number of ether oxygens (including phenoxy) is 1. The highest BCUT2D eigenvalue weighted by Crippen LogP contribution is 2.38. The number of fused-ring (bicyclic) bond motifs is 1. The van der Waals surface area contributed by atoms with Crippen LogP contribution >= 0.6 is 0 Å². The number of aromatic amines is 1. The van der Waals surface area contributed by atoms with Gasteiger partial charge in [-0.15, -0.1) is 0 Å². The molecule has 1 aliphatic heterocycles. The summed E-state index contributed by atoms with van der Waals surface area (Å²) >= 11 is 0. The number of nitrogens with one attached hydrogen (secondary N) is 1. The summed E-state index contributed by atoms with van der Waals surface area (Å²) in [6.07, 6.45) is 0. The third kappa shape index (κ3) is 1.62. The second-order valence-corrected chi connectivity index (χ2v) is 4.71. The molecule has 0 saturated carbocycles. The first kappa shape index (κ1) is 11.8. The highest BCUT2D eigenvalue weighted by atomic mass is 16.5. The number of carbonyl (C=O) groups is 1. The maximum Gasteiger partial charge on any atom is 0.275 e. The maximum atomic E-state index is 12.2. The van der Waals surface area contributed by atoms with E-state index in [1.54, 1.807) is 19.1 Å². The lowest BCUT2D eigenvalue weighted by molar-refractivity contribution is 0.0787. The average Bonchev–Trinajstić information content (AvgIpc) is 2.91. The molecular formula is C14H15N3O2. The number of aryl methyl sites for hydroxylation is 1. The molecule has 2 heterocycles. The molecule has 1 unspecified atom stereocenters. The van der Waals surface area contributed by atoms with Crippen LogP contribution in [0.5, 0.6) is 5.75 Å². The topological polar surface area (TPSA) is 58.2 Å². The molecule has 1 amide bonds. The Labute approximate surface area is 111 Å². The van der Waals surface area contributed by atoms with Crippen LogP contribution in [0.4, 0.5) is 0 Å². The minimum atomic E-state index is -0.101. The van der Waals surface area contributed by atoms with Crippen LogP contribution in [-0.4, -0.2) is 35.2 Å². The Morgan fingerprint density at radius 2 is 2.21 bits per heavy atom. The second-order valence-electron chi connectivity index (χ2n) is 4.71. The van der Waals surface area contributed by atoms with Crippen LogP contribution in [0.15, 0.2) is 24.3 Å². The zero-order chi connectivity index (χ0) is 13.6. The number of hydrogen-bond acceptors (Lipinski definition) is 3. The van der Waals surface area contributed by atoms with E-state index in [0.29, 0.717) is 5.69 Å². The normalized spacial score (nSPS) is 17.7. The van der Waals surface area contributed by atoms with Crippen LogP contribution in [0.2, 0.25) is 0 Å². The van der Waals surface area contributed by atoms with Gasteiger partial charge in [0, 0.05) is 18.3 Å². The lowest BCUT2D eigenvalue weighted by Crippen LogP contribution is -2.24. The fraction of sp³-hybridized carbons (Fsp3) is 0.286. The lowest BCUT2D eigenvalue weighted by atomic mass is 9.99. The van der Waals surface area contributed by atoms with E-state index in [9.17, 15) is 4.79 Å². The predicted octanol–water partition coefficient (Wildman–Crippen LogP) is 1.90. The van der Waals surface area contributed by atoms with Gasteiger partial charge in [-0.3, -0.25) is 9.89 Å². The summed E-state index contributed by atoms with van der Waals surface area (Å²) in [6.45, 7) is 1.94. The van der Waals surface area contributed by atoms with E-state index >= 15 is 0 Å². The third-order valence-corrected chi connectivity index (χ3v) is 3.59. The molecule has 0 fully saturated rings. The molecule has 0 saturated heterocycles. The van der Waals surface area contributed by atoms with Crippen LogP contribution in [0.25, 0.3) is 0 Å². The summed E-state index contributed by atoms with van der Waals surface area (Å²) in [6, 6.07) is 7.67. The molecule has 1 atom stereocenters. The first-order chi connectivity index (χ1) is 9.13. The molecule has 5 heteroatoms. The van der Waals surface area contributed by atoms with Crippen molar-refractivity contribution in [3.05, 3.63) is 46.8 Å². The van der Waals surface area contributed by atoms with E-state index in [1.165, 1.54) is 0 Å². The van der Waals surface area contributed by atoms with E-state index < -0.39 is 0 Å². The molecule has 5 nitrogen and oxygen atoms in total. The van der Waals surface area contributed by atoms with Crippen LogP contribution < -0.4 is 4.74 Å². The van der Waals surface area contributed by atoms with Crippen LogP contribution in [-0.2, 0) is 0 Å². The molecule has 19 heavy (non-hydrogen) atoms. The summed E-state index contributed by atoms with van der Waals surface area (Å²) in [5, 5.41) is 6.99. The number of amides is 1. The highest BCUT2D eigenvalue weighted by molar-refractivity contribution is 5.98. The molecule has 0 radical (unpaired) electrons. The summed E-state index contributed by atoms with van der Waals surface area (Å²) in [5.74, 6) is 0.736. The van der Waals surface area contributed by atoms with Gasteiger partial charge in [-0.05, 0) is 24.6 Å². The number of aromatic nitrogens is 2. The molecule has 2 aromatic rings. The standard InChI is InChI=1S/C14H15N3O2/c1-8-11-12(16-15-8)14(18)17(2)13(11)9-5-4-6-10(7-9)19-3/h4-7,13H,1-3H3,(H,15,16). The Morgan fingerprint density at radius 3 is 2.95 bits per heavy atom. The van der Waals surface area contributed by atoms with Crippen molar-refractivity contribution in [2.45, 2.75) is 13.0 Å². The molecular weight excluding hydrogens is 242 g/mol. The van der Waals surface area contributed by atoms with Crippen LogP contribution in [0.3, 0.4) is 0 Å². The van der Waals surface area contributed by atoms with Crippen molar-refractivity contribution in [2.75, 3.05) is 14.2 Å². The summed E-state index contributed by atoms with van der Waals surface area (Å²) in [4.78, 5) is 13.9. The van der Waals surface area contributed by atoms with E-state index in [4.69, 9.17) is 4.74 Å². The molecule has 98 valence electrons. The number of H-pyrrole nitrogens is 1. The van der Waals surface area contributed by atoms with Gasteiger partial charge >= 0.3 is 0 Å². The quantitative estimate of drug-likeness (QED) is 0.894. The molecule has 1 N–H and O–H groups in total. The van der Waals surface area contributed by atoms with Crippen molar-refractivity contribution in [3.63, 3.8) is 0 Å². The smallest absolute Gasteiger partial charge is 0.275 e. The fourth-order valence-electron chi connectivity index (χ4n) is 2.62. The van der Waals surface area contributed by atoms with Crippen molar-refractivity contribution in [1.29, 1.82) is 0 Å². The summed E-state index contributed by atoms with van der Waals surface area (Å²) in [5.41, 5.74) is 3.44. The Morgan fingerprint density at radius 1 is 1.42 bits per heavy atom. The number of benzene rings is 1. The van der Waals surface area contributed by atoms with E-state index in [-0.39, 0.29) is 11.9 Å². The van der Waals surface area contributed by atoms with Gasteiger partial charge in [0.1, 0.15) is 5.75 Å². The third-order valence-electron chi connectivity index (χ3n) is 3.59. The minimum Gasteiger partial charge on any atom is -0.497 e. The van der Waals surface area contributed by atoms with E-state index in [1.807, 2.05) is 31.2 Å². The molecule has 0 spiro atoms. The van der Waals surface area contributed by atoms with Gasteiger partial charge < -0.3 is 9.64 Å². The van der Waals surface area contributed by atoms with Crippen molar-refractivity contribution in [1.82, 2.24) is 15.1 Å². The van der Waals surface area contributed by atoms with E-state index in [0.717, 1.165) is 22.6 Å². The number of methoxy groups -OCH3 is 1. The zero-order valence-corrected chi connectivity index (χ0v) is 11.1. The molecule has 1 aliphatic rings. The Balaban J connectivity index is 2.14. The predicted molar refractivity (Wildman–Crippen MR) is 70.3 cm³/mol. The zero-order valence-electron chi connectivity index (χ0n) is 11.1. The van der Waals surface area contributed by atoms with Crippen LogP contribution in [0.1, 0.15) is 33.4 Å². The van der Waals surface area contributed by atoms with Gasteiger partial charge in [-0.25, -0.2) is 0 Å². The number of carbonyl (C=O) groups excluding carboxylic acids is 1. The molecule has 0 aliphatic carbocycles. The fourth-order valence-corrected chi connectivity index (χ4v) is 2.62. The van der Waals surface area contributed by atoms with Crippen molar-refractivity contribution < 1.29 is 9.53 Å². The van der Waals surface area contributed by atoms with Crippen molar-refractivity contribution >= 4 is 5.91 Å². The second kappa shape index (κ2) is 4.12. The largest absolute Gasteiger partial charge is 0.497 e. The van der Waals surface area contributed by atoms with Gasteiger partial charge in [0.05, 0.1) is 13.2 Å². The van der Waals surface area contributed by atoms with Crippen molar-refractivity contribution in [2.24, 2.45) is 0 Å². The van der Waals surface area contributed by atoms with Crippen LogP contribution in [0, 0.1) is 6.92 Å². The lowest BCUT2D eigenvalue weighted by Gasteiger charge is -2.22. The monoisotopic (exact) mass is 257 g/mol. The summed E-state index contributed by atoms with van der Waals surface area (Å²) < 4.78 is 5.25. The molecule has 3 rings (SSSR count). The van der Waals surface area contributed by atoms with Gasteiger partial charge in [-0.2, -0.15) is 5.10 Å². The van der Waals surface area contributed by atoms with Gasteiger partial charge in [0.2, 0.25) is 0 Å². The first-order valence-electron chi connectivity index (χ1n) is 6.09. The van der Waals surface area contributed by atoms with Gasteiger partial charge in [0.25, 0.3) is 5.91 Å². The van der Waals surface area contributed by atoms with Gasteiger partial charge in [-0.1, -0.05) is 12.1 Å². The van der Waals surface area contributed by atoms with E-state index in [2.05, 4.69) is 10.2 Å². The number of rotatable bonds is 2. The molecule has 1 aromatic heterocycles. The van der Waals surface area contributed by atoms with Gasteiger partial charge in [0.15, 0.2) is 5.69 Å².